The summed E-state index contributed by atoms with van der Waals surface area (Å²) in [6.07, 6.45) is 2.63. The molecule has 2 aromatic carbocycles. The standard InChI is InChI=1S/C24H23N3O2S/c1-29-22-12-6-5-11-20(22)23-21(24(28)25-14-13-19-10-7-15-30-19)17-27(26-23)16-18-8-3-2-4-9-18/h2-12,15,17H,13-14,16H2,1H3,(H,25,28). The van der Waals surface area contributed by atoms with E-state index in [4.69, 9.17) is 9.84 Å². The molecule has 4 rings (SSSR count). The fraction of sp³-hybridized carbons (Fsp3) is 0.167. The van der Waals surface area contributed by atoms with Gasteiger partial charge < -0.3 is 10.1 Å². The molecule has 4 aromatic rings. The Morgan fingerprint density at radius 3 is 2.63 bits per heavy atom. The first-order valence-corrected chi connectivity index (χ1v) is 10.7. The minimum Gasteiger partial charge on any atom is -0.496 e. The van der Waals surface area contributed by atoms with Crippen molar-refractivity contribution in [1.82, 2.24) is 15.1 Å². The quantitative estimate of drug-likeness (QED) is 0.454. The molecule has 5 nitrogen and oxygen atoms in total. The zero-order valence-corrected chi connectivity index (χ0v) is 17.6. The highest BCUT2D eigenvalue weighted by Gasteiger charge is 2.20. The minimum absolute atomic E-state index is 0.133. The van der Waals surface area contributed by atoms with Gasteiger partial charge >= 0.3 is 0 Å². The van der Waals surface area contributed by atoms with E-state index in [0.717, 1.165) is 17.5 Å². The van der Waals surface area contributed by atoms with Crippen molar-refractivity contribution in [2.24, 2.45) is 0 Å². The van der Waals surface area contributed by atoms with Crippen LogP contribution in [0.25, 0.3) is 11.3 Å². The lowest BCUT2D eigenvalue weighted by molar-refractivity contribution is 0.0954. The summed E-state index contributed by atoms with van der Waals surface area (Å²) in [5.41, 5.74) is 3.09. The van der Waals surface area contributed by atoms with E-state index in [9.17, 15) is 4.79 Å². The number of hydrogen-bond donors (Lipinski definition) is 1. The van der Waals surface area contributed by atoms with Gasteiger partial charge in [0.15, 0.2) is 0 Å². The number of benzene rings is 2. The van der Waals surface area contributed by atoms with Crippen LogP contribution in [0.15, 0.2) is 78.3 Å². The van der Waals surface area contributed by atoms with Crippen LogP contribution in [-0.2, 0) is 13.0 Å². The average molecular weight is 418 g/mol. The number of nitrogens with zero attached hydrogens (tertiary/aromatic N) is 2. The van der Waals surface area contributed by atoms with Crippen molar-refractivity contribution >= 4 is 17.2 Å². The first-order chi connectivity index (χ1) is 14.7. The lowest BCUT2D eigenvalue weighted by Crippen LogP contribution is -2.25. The summed E-state index contributed by atoms with van der Waals surface area (Å²) in [6, 6.07) is 21.8. The first kappa shape index (κ1) is 19.9. The second kappa shape index (κ2) is 9.41. The van der Waals surface area contributed by atoms with Gasteiger partial charge in [0, 0.05) is 23.2 Å². The van der Waals surface area contributed by atoms with Crippen LogP contribution in [0.2, 0.25) is 0 Å². The number of amides is 1. The van der Waals surface area contributed by atoms with Crippen molar-refractivity contribution in [3.63, 3.8) is 0 Å². The second-order valence-corrected chi connectivity index (χ2v) is 7.89. The van der Waals surface area contributed by atoms with Gasteiger partial charge in [0.1, 0.15) is 11.4 Å². The van der Waals surface area contributed by atoms with Crippen LogP contribution in [0, 0.1) is 0 Å². The van der Waals surface area contributed by atoms with Crippen LogP contribution in [-0.4, -0.2) is 29.3 Å². The van der Waals surface area contributed by atoms with Crippen LogP contribution in [0.1, 0.15) is 20.8 Å². The maximum atomic E-state index is 13.0. The predicted octanol–water partition coefficient (Wildman–Crippen LogP) is 4.64. The summed E-state index contributed by atoms with van der Waals surface area (Å²) >= 11 is 1.70. The zero-order chi connectivity index (χ0) is 20.8. The highest BCUT2D eigenvalue weighted by atomic mass is 32.1. The van der Waals surface area contributed by atoms with Crippen LogP contribution < -0.4 is 10.1 Å². The fourth-order valence-corrected chi connectivity index (χ4v) is 4.04. The summed E-state index contributed by atoms with van der Waals surface area (Å²) in [5, 5.41) is 9.82. The van der Waals surface area contributed by atoms with Gasteiger partial charge in [-0.2, -0.15) is 5.10 Å². The van der Waals surface area contributed by atoms with Gasteiger partial charge in [-0.05, 0) is 35.6 Å². The number of thiophene rings is 1. The number of methoxy groups -OCH3 is 1. The topological polar surface area (TPSA) is 56.2 Å². The number of nitrogens with one attached hydrogen (secondary N) is 1. The maximum absolute atomic E-state index is 13.0. The molecule has 1 N–H and O–H groups in total. The van der Waals surface area contributed by atoms with Gasteiger partial charge in [0.25, 0.3) is 5.91 Å². The van der Waals surface area contributed by atoms with Gasteiger partial charge in [-0.25, -0.2) is 0 Å². The van der Waals surface area contributed by atoms with Crippen molar-refractivity contribution in [2.45, 2.75) is 13.0 Å². The molecule has 2 aromatic heterocycles. The van der Waals surface area contributed by atoms with Crippen LogP contribution in [0.4, 0.5) is 0 Å². The third-order valence-electron chi connectivity index (χ3n) is 4.79. The van der Waals surface area contributed by atoms with Crippen LogP contribution >= 0.6 is 11.3 Å². The molecule has 0 unspecified atom stereocenters. The van der Waals surface area contributed by atoms with E-state index >= 15 is 0 Å². The molecule has 0 saturated heterocycles. The highest BCUT2D eigenvalue weighted by Crippen LogP contribution is 2.31. The molecule has 0 radical (unpaired) electrons. The predicted molar refractivity (Wildman–Crippen MR) is 120 cm³/mol. The Morgan fingerprint density at radius 1 is 1.07 bits per heavy atom. The van der Waals surface area contributed by atoms with E-state index in [1.807, 2.05) is 76.9 Å². The van der Waals surface area contributed by atoms with E-state index in [0.29, 0.717) is 30.1 Å². The third kappa shape index (κ3) is 4.60. The van der Waals surface area contributed by atoms with Crippen molar-refractivity contribution in [3.05, 3.63) is 94.3 Å². The lowest BCUT2D eigenvalue weighted by atomic mass is 10.1. The number of rotatable bonds is 8. The number of carbonyl (C=O) groups excluding carboxylic acids is 1. The Bertz CT molecular complexity index is 1100. The monoisotopic (exact) mass is 417 g/mol. The van der Waals surface area contributed by atoms with Gasteiger partial charge in [-0.1, -0.05) is 48.5 Å². The Balaban J connectivity index is 1.61. The van der Waals surface area contributed by atoms with Crippen LogP contribution in [0.5, 0.6) is 5.75 Å². The van der Waals surface area contributed by atoms with Crippen molar-refractivity contribution in [1.29, 1.82) is 0 Å². The molecular weight excluding hydrogens is 394 g/mol. The third-order valence-corrected chi connectivity index (χ3v) is 5.73. The fourth-order valence-electron chi connectivity index (χ4n) is 3.33. The summed E-state index contributed by atoms with van der Waals surface area (Å²) in [5.74, 6) is 0.557. The number of carbonyl (C=O) groups is 1. The minimum atomic E-state index is -0.133. The molecule has 1 amide bonds. The number of hydrogen-bond acceptors (Lipinski definition) is 4. The second-order valence-electron chi connectivity index (χ2n) is 6.86. The molecule has 30 heavy (non-hydrogen) atoms. The summed E-state index contributed by atoms with van der Waals surface area (Å²) in [7, 11) is 1.63. The van der Waals surface area contributed by atoms with Gasteiger partial charge in [-0.3, -0.25) is 9.48 Å². The zero-order valence-electron chi connectivity index (χ0n) is 16.7. The van der Waals surface area contributed by atoms with Gasteiger partial charge in [-0.15, -0.1) is 11.3 Å². The van der Waals surface area contributed by atoms with Gasteiger partial charge in [0.05, 0.1) is 19.2 Å². The van der Waals surface area contributed by atoms with E-state index in [2.05, 4.69) is 11.4 Å². The smallest absolute Gasteiger partial charge is 0.255 e. The van der Waals surface area contributed by atoms with Crippen molar-refractivity contribution in [2.75, 3.05) is 13.7 Å². The Kier molecular flexibility index (Phi) is 6.25. The lowest BCUT2D eigenvalue weighted by Gasteiger charge is -2.08. The molecule has 0 bridgehead atoms. The number of para-hydroxylation sites is 1. The normalized spacial score (nSPS) is 10.7. The summed E-state index contributed by atoms with van der Waals surface area (Å²) in [4.78, 5) is 14.3. The molecule has 152 valence electrons. The number of ether oxygens (including phenoxy) is 1. The molecular formula is C24H23N3O2S. The van der Waals surface area contributed by atoms with E-state index in [-0.39, 0.29) is 5.91 Å². The average Bonchev–Trinajstić information content (AvgIpc) is 3.44. The molecule has 0 aliphatic rings. The molecule has 0 aliphatic carbocycles. The summed E-state index contributed by atoms with van der Waals surface area (Å²) < 4.78 is 7.32. The van der Waals surface area contributed by atoms with Gasteiger partial charge in [0.2, 0.25) is 0 Å². The molecule has 0 spiro atoms. The largest absolute Gasteiger partial charge is 0.496 e. The highest BCUT2D eigenvalue weighted by molar-refractivity contribution is 7.09. The maximum Gasteiger partial charge on any atom is 0.255 e. The molecule has 0 atom stereocenters. The Morgan fingerprint density at radius 2 is 1.87 bits per heavy atom. The summed E-state index contributed by atoms with van der Waals surface area (Å²) in [6.45, 7) is 1.17. The molecule has 0 fully saturated rings. The SMILES string of the molecule is COc1ccccc1-c1nn(Cc2ccccc2)cc1C(=O)NCCc1cccs1. The van der Waals surface area contributed by atoms with Crippen molar-refractivity contribution < 1.29 is 9.53 Å². The van der Waals surface area contributed by atoms with E-state index in [1.165, 1.54) is 4.88 Å². The Hall–Kier alpha value is -3.38. The molecule has 2 heterocycles. The van der Waals surface area contributed by atoms with E-state index < -0.39 is 0 Å². The molecule has 0 aliphatic heterocycles. The molecule has 6 heteroatoms. The molecule has 0 saturated carbocycles. The number of aromatic nitrogens is 2. The van der Waals surface area contributed by atoms with Crippen molar-refractivity contribution in [3.8, 4) is 17.0 Å². The first-order valence-electron chi connectivity index (χ1n) is 9.80. The van der Waals surface area contributed by atoms with Crippen LogP contribution in [0.3, 0.4) is 0 Å². The Labute approximate surface area is 179 Å². The van der Waals surface area contributed by atoms with E-state index in [1.54, 1.807) is 18.4 Å².